The zero-order chi connectivity index (χ0) is 6.69. The lowest BCUT2D eigenvalue weighted by Gasteiger charge is -2.05. The summed E-state index contributed by atoms with van der Waals surface area (Å²) in [5, 5.41) is 10.8. The fourth-order valence-corrected chi connectivity index (χ4v) is 1.21. The molecule has 1 aliphatic heterocycles. The Balaban J connectivity index is 2.64. The van der Waals surface area contributed by atoms with Gasteiger partial charge in [-0.2, -0.15) is 0 Å². The Morgan fingerprint density at radius 3 is 3.00 bits per heavy atom. The average molecular weight is 146 g/mol. The molecule has 0 fully saturated rings. The van der Waals surface area contributed by atoms with E-state index in [9.17, 15) is 4.39 Å². The molecule has 1 N–H and O–H groups in total. The van der Waals surface area contributed by atoms with Crippen LogP contribution in [0.5, 0.6) is 0 Å². The number of hydrogen-bond acceptors (Lipinski definition) is 2. The second kappa shape index (κ2) is 2.92. The van der Waals surface area contributed by atoms with Crippen LogP contribution in [-0.4, -0.2) is 11.8 Å². The van der Waals surface area contributed by atoms with Crippen LogP contribution in [0.3, 0.4) is 0 Å². The highest BCUT2D eigenvalue weighted by Crippen LogP contribution is 2.25. The molecular formula is C6H7FOS. The maximum atomic E-state index is 11.9. The fraction of sp³-hybridized carbons (Fsp3) is 0.333. The largest absolute Gasteiger partial charge is 0.502 e. The Kier molecular flexibility index (Phi) is 2.16. The smallest absolute Gasteiger partial charge is 0.156 e. The predicted octanol–water partition coefficient (Wildman–Crippen LogP) is 2.38. The summed E-state index contributed by atoms with van der Waals surface area (Å²) in [4.78, 5) is 0. The standard InChI is InChI=1S/C6H7FOS/c7-4-5-2-1-3-9-6(5)8/h1,3,8H,2,4H2. The highest BCUT2D eigenvalue weighted by Gasteiger charge is 2.06. The minimum Gasteiger partial charge on any atom is -0.502 e. The third-order valence-electron chi connectivity index (χ3n) is 1.10. The summed E-state index contributed by atoms with van der Waals surface area (Å²) in [6, 6.07) is 0. The maximum Gasteiger partial charge on any atom is 0.156 e. The highest BCUT2D eigenvalue weighted by molar-refractivity contribution is 8.05. The molecule has 0 aromatic carbocycles. The summed E-state index contributed by atoms with van der Waals surface area (Å²) in [5.74, 6) is 0. The number of halogens is 1. The van der Waals surface area contributed by atoms with Crippen molar-refractivity contribution in [1.82, 2.24) is 0 Å². The molecule has 0 unspecified atom stereocenters. The van der Waals surface area contributed by atoms with Crippen molar-refractivity contribution >= 4 is 11.8 Å². The summed E-state index contributed by atoms with van der Waals surface area (Å²) >= 11 is 1.17. The molecule has 0 atom stereocenters. The molecule has 0 radical (unpaired) electrons. The van der Waals surface area contributed by atoms with Gasteiger partial charge >= 0.3 is 0 Å². The number of rotatable bonds is 1. The second-order valence-electron chi connectivity index (χ2n) is 1.74. The third kappa shape index (κ3) is 1.48. The van der Waals surface area contributed by atoms with E-state index in [4.69, 9.17) is 5.11 Å². The Labute approximate surface area is 57.3 Å². The van der Waals surface area contributed by atoms with Crippen LogP contribution in [0.1, 0.15) is 6.42 Å². The SMILES string of the molecule is OC1=C(CF)CC=CS1. The van der Waals surface area contributed by atoms with Crippen LogP contribution in [0, 0.1) is 0 Å². The van der Waals surface area contributed by atoms with Gasteiger partial charge in [0.15, 0.2) is 5.09 Å². The number of allylic oxidation sites excluding steroid dienone is 2. The third-order valence-corrected chi connectivity index (χ3v) is 1.94. The van der Waals surface area contributed by atoms with Gasteiger partial charge in [-0.3, -0.25) is 0 Å². The van der Waals surface area contributed by atoms with E-state index in [2.05, 4.69) is 0 Å². The first-order valence-electron chi connectivity index (χ1n) is 2.63. The van der Waals surface area contributed by atoms with Gasteiger partial charge in [-0.15, -0.1) is 0 Å². The lowest BCUT2D eigenvalue weighted by atomic mass is 10.2. The van der Waals surface area contributed by atoms with E-state index in [1.807, 2.05) is 6.08 Å². The van der Waals surface area contributed by atoms with E-state index in [1.54, 1.807) is 5.41 Å². The van der Waals surface area contributed by atoms with Crippen molar-refractivity contribution < 1.29 is 9.50 Å². The van der Waals surface area contributed by atoms with Crippen molar-refractivity contribution in [2.45, 2.75) is 6.42 Å². The number of aliphatic hydroxyl groups is 1. The number of alkyl halides is 1. The fourth-order valence-electron chi connectivity index (χ4n) is 0.585. The van der Waals surface area contributed by atoms with E-state index in [0.717, 1.165) is 0 Å². The summed E-state index contributed by atoms with van der Waals surface area (Å²) in [5.41, 5.74) is 0.488. The Morgan fingerprint density at radius 2 is 2.56 bits per heavy atom. The van der Waals surface area contributed by atoms with Crippen LogP contribution in [-0.2, 0) is 0 Å². The van der Waals surface area contributed by atoms with Crippen LogP contribution >= 0.6 is 11.8 Å². The molecule has 0 aliphatic carbocycles. The molecule has 0 saturated carbocycles. The molecule has 1 aliphatic rings. The van der Waals surface area contributed by atoms with Crippen molar-refractivity contribution in [2.24, 2.45) is 0 Å². The summed E-state index contributed by atoms with van der Waals surface area (Å²) < 4.78 is 11.9. The lowest BCUT2D eigenvalue weighted by molar-refractivity contribution is 0.432. The Morgan fingerprint density at radius 1 is 1.78 bits per heavy atom. The number of thioether (sulfide) groups is 1. The zero-order valence-corrected chi connectivity index (χ0v) is 5.62. The van der Waals surface area contributed by atoms with Gasteiger partial charge in [0.2, 0.25) is 0 Å². The molecule has 1 nitrogen and oxygen atoms in total. The van der Waals surface area contributed by atoms with E-state index < -0.39 is 6.67 Å². The van der Waals surface area contributed by atoms with E-state index in [1.165, 1.54) is 11.8 Å². The van der Waals surface area contributed by atoms with Gasteiger partial charge in [0, 0.05) is 5.57 Å². The Bertz CT molecular complexity index is 162. The minimum atomic E-state index is -0.539. The molecule has 0 saturated heterocycles. The minimum absolute atomic E-state index is 0.125. The van der Waals surface area contributed by atoms with Gasteiger partial charge in [-0.25, -0.2) is 4.39 Å². The lowest BCUT2D eigenvalue weighted by Crippen LogP contribution is -1.91. The molecule has 0 aromatic rings. The molecule has 0 aromatic heterocycles. The molecule has 1 rings (SSSR count). The van der Waals surface area contributed by atoms with E-state index >= 15 is 0 Å². The molecule has 50 valence electrons. The highest BCUT2D eigenvalue weighted by atomic mass is 32.2. The normalized spacial score (nSPS) is 18.8. The molecular weight excluding hydrogens is 139 g/mol. The molecule has 0 amide bonds. The quantitative estimate of drug-likeness (QED) is 0.612. The van der Waals surface area contributed by atoms with Gasteiger partial charge in [-0.05, 0) is 11.8 Å². The van der Waals surface area contributed by atoms with Gasteiger partial charge in [0.25, 0.3) is 0 Å². The molecule has 9 heavy (non-hydrogen) atoms. The summed E-state index contributed by atoms with van der Waals surface area (Å²) in [6.45, 7) is -0.539. The molecule has 3 heteroatoms. The van der Waals surface area contributed by atoms with Crippen LogP contribution in [0.4, 0.5) is 4.39 Å². The van der Waals surface area contributed by atoms with Crippen molar-refractivity contribution in [3.8, 4) is 0 Å². The summed E-state index contributed by atoms with van der Waals surface area (Å²) in [6.07, 6.45) is 2.38. The van der Waals surface area contributed by atoms with Crippen molar-refractivity contribution in [2.75, 3.05) is 6.67 Å². The van der Waals surface area contributed by atoms with Gasteiger partial charge in [0.1, 0.15) is 6.67 Å². The molecule has 1 heterocycles. The van der Waals surface area contributed by atoms with E-state index in [-0.39, 0.29) is 5.09 Å². The van der Waals surface area contributed by atoms with Gasteiger partial charge in [0.05, 0.1) is 0 Å². The van der Waals surface area contributed by atoms with Crippen molar-refractivity contribution in [1.29, 1.82) is 0 Å². The first-order valence-corrected chi connectivity index (χ1v) is 3.51. The van der Waals surface area contributed by atoms with E-state index in [0.29, 0.717) is 12.0 Å². The van der Waals surface area contributed by atoms with Crippen LogP contribution in [0.2, 0.25) is 0 Å². The van der Waals surface area contributed by atoms with Crippen LogP contribution in [0.25, 0.3) is 0 Å². The first-order chi connectivity index (χ1) is 4.34. The zero-order valence-electron chi connectivity index (χ0n) is 4.80. The number of aliphatic hydroxyl groups excluding tert-OH is 1. The van der Waals surface area contributed by atoms with Crippen molar-refractivity contribution in [3.63, 3.8) is 0 Å². The second-order valence-corrected chi connectivity index (χ2v) is 2.63. The topological polar surface area (TPSA) is 20.2 Å². The van der Waals surface area contributed by atoms with Crippen molar-refractivity contribution in [3.05, 3.63) is 22.1 Å². The predicted molar refractivity (Wildman–Crippen MR) is 37.0 cm³/mol. The van der Waals surface area contributed by atoms with Crippen LogP contribution < -0.4 is 0 Å². The average Bonchev–Trinajstić information content (AvgIpc) is 1.89. The molecule has 0 spiro atoms. The monoisotopic (exact) mass is 146 g/mol. The molecule has 0 bridgehead atoms. The van der Waals surface area contributed by atoms with Crippen LogP contribution in [0.15, 0.2) is 22.1 Å². The summed E-state index contributed by atoms with van der Waals surface area (Å²) in [7, 11) is 0. The maximum absolute atomic E-state index is 11.9. The number of hydrogen-bond donors (Lipinski definition) is 1. The Hall–Kier alpha value is -0.440. The van der Waals surface area contributed by atoms with Gasteiger partial charge < -0.3 is 5.11 Å². The van der Waals surface area contributed by atoms with Gasteiger partial charge in [-0.1, -0.05) is 17.8 Å². The first kappa shape index (κ1) is 6.68.